The standard InChI is InChI=1S/C29H35NO6/c1-17-3-7-19(8-4-17)15-24(32)21-13-14-25(36-16-31)27-22(11-12-23(26(21)27)29(34)35)28(33)30-20-9-5-18(2)6-10-20/h11-14,16-20H,3-10,15H2,1-2H3,(H,30,33)(H,34,35). The fourth-order valence-electron chi connectivity index (χ4n) is 5.79. The van der Waals surface area contributed by atoms with Crippen molar-refractivity contribution in [1.29, 1.82) is 0 Å². The van der Waals surface area contributed by atoms with Gasteiger partial charge in [0.1, 0.15) is 5.75 Å². The summed E-state index contributed by atoms with van der Waals surface area (Å²) < 4.78 is 5.18. The van der Waals surface area contributed by atoms with Gasteiger partial charge in [-0.1, -0.05) is 26.7 Å². The van der Waals surface area contributed by atoms with Crippen LogP contribution in [0.2, 0.25) is 0 Å². The first kappa shape index (κ1) is 25.9. The first-order chi connectivity index (χ1) is 17.3. The third-order valence-corrected chi connectivity index (χ3v) is 8.03. The summed E-state index contributed by atoms with van der Waals surface area (Å²) in [5.74, 6) is -0.128. The molecule has 0 aromatic heterocycles. The van der Waals surface area contributed by atoms with E-state index >= 15 is 0 Å². The maximum Gasteiger partial charge on any atom is 0.336 e. The normalized spacial score (nSPS) is 24.2. The Labute approximate surface area is 211 Å². The van der Waals surface area contributed by atoms with Crippen LogP contribution in [0.25, 0.3) is 10.8 Å². The third kappa shape index (κ3) is 5.61. The summed E-state index contributed by atoms with van der Waals surface area (Å²) in [5, 5.41) is 13.4. The summed E-state index contributed by atoms with van der Waals surface area (Å²) in [5.41, 5.74) is 0.358. The molecule has 0 aliphatic heterocycles. The molecular formula is C29H35NO6. The molecule has 1 amide bonds. The van der Waals surface area contributed by atoms with Gasteiger partial charge in [-0.2, -0.15) is 0 Å². The minimum Gasteiger partial charge on any atom is -0.478 e. The maximum atomic E-state index is 13.5. The lowest BCUT2D eigenvalue weighted by molar-refractivity contribution is -0.120. The molecule has 192 valence electrons. The molecule has 7 heteroatoms. The van der Waals surface area contributed by atoms with Crippen LogP contribution in [-0.4, -0.2) is 35.3 Å². The highest BCUT2D eigenvalue weighted by Crippen LogP contribution is 2.37. The number of Topliss-reactive ketones (excluding diaryl/α,β-unsaturated/α-hetero) is 1. The zero-order valence-electron chi connectivity index (χ0n) is 21.0. The largest absolute Gasteiger partial charge is 0.478 e. The lowest BCUT2D eigenvalue weighted by Gasteiger charge is -2.27. The second-order valence-electron chi connectivity index (χ2n) is 10.7. The van der Waals surface area contributed by atoms with Gasteiger partial charge >= 0.3 is 5.97 Å². The molecule has 0 heterocycles. The summed E-state index contributed by atoms with van der Waals surface area (Å²) >= 11 is 0. The van der Waals surface area contributed by atoms with E-state index in [2.05, 4.69) is 19.2 Å². The van der Waals surface area contributed by atoms with E-state index in [1.165, 1.54) is 24.3 Å². The van der Waals surface area contributed by atoms with Gasteiger partial charge in [-0.3, -0.25) is 14.4 Å². The quantitative estimate of drug-likeness (QED) is 0.356. The number of hydrogen-bond donors (Lipinski definition) is 2. The highest BCUT2D eigenvalue weighted by atomic mass is 16.5. The van der Waals surface area contributed by atoms with Crippen LogP contribution in [0.5, 0.6) is 5.75 Å². The summed E-state index contributed by atoms with van der Waals surface area (Å²) in [6, 6.07) is 5.84. The van der Waals surface area contributed by atoms with Gasteiger partial charge in [0.25, 0.3) is 12.4 Å². The zero-order valence-corrected chi connectivity index (χ0v) is 21.0. The minimum absolute atomic E-state index is 0.0249. The van der Waals surface area contributed by atoms with Crippen LogP contribution in [0, 0.1) is 17.8 Å². The summed E-state index contributed by atoms with van der Waals surface area (Å²) in [7, 11) is 0. The number of ketones is 1. The molecular weight excluding hydrogens is 458 g/mol. The Bertz CT molecular complexity index is 1160. The number of nitrogens with one attached hydrogen (secondary N) is 1. The predicted molar refractivity (Wildman–Crippen MR) is 137 cm³/mol. The molecule has 7 nitrogen and oxygen atoms in total. The van der Waals surface area contributed by atoms with Crippen LogP contribution >= 0.6 is 0 Å². The Morgan fingerprint density at radius 1 is 0.861 bits per heavy atom. The monoisotopic (exact) mass is 493 g/mol. The molecule has 0 saturated heterocycles. The van der Waals surface area contributed by atoms with Gasteiger partial charge in [0.15, 0.2) is 5.78 Å². The molecule has 0 spiro atoms. The molecule has 0 atom stereocenters. The van der Waals surface area contributed by atoms with Gasteiger partial charge in [0.2, 0.25) is 0 Å². The van der Waals surface area contributed by atoms with Crippen LogP contribution in [-0.2, 0) is 4.79 Å². The number of rotatable bonds is 8. The van der Waals surface area contributed by atoms with E-state index in [-0.39, 0.29) is 63.3 Å². The van der Waals surface area contributed by atoms with Crippen molar-refractivity contribution < 1.29 is 29.0 Å². The van der Waals surface area contributed by atoms with Crippen LogP contribution in [0.3, 0.4) is 0 Å². The molecule has 2 aromatic rings. The first-order valence-electron chi connectivity index (χ1n) is 13.1. The average Bonchev–Trinajstić information content (AvgIpc) is 2.86. The molecule has 2 fully saturated rings. The van der Waals surface area contributed by atoms with Gasteiger partial charge in [-0.05, 0) is 80.5 Å². The van der Waals surface area contributed by atoms with Crippen LogP contribution in [0.1, 0.15) is 103 Å². The summed E-state index contributed by atoms with van der Waals surface area (Å²) in [6.07, 6.45) is 8.23. The van der Waals surface area contributed by atoms with Crippen LogP contribution in [0.15, 0.2) is 24.3 Å². The van der Waals surface area contributed by atoms with Crippen LogP contribution < -0.4 is 10.1 Å². The Kier molecular flexibility index (Phi) is 8.07. The van der Waals surface area contributed by atoms with Crippen molar-refractivity contribution in [3.63, 3.8) is 0 Å². The lowest BCUT2D eigenvalue weighted by atomic mass is 9.79. The summed E-state index contributed by atoms with van der Waals surface area (Å²) in [6.45, 7) is 4.67. The number of benzene rings is 2. The van der Waals surface area contributed by atoms with E-state index < -0.39 is 5.97 Å². The molecule has 2 aliphatic rings. The molecule has 4 rings (SSSR count). The molecule has 2 saturated carbocycles. The smallest absolute Gasteiger partial charge is 0.336 e. The maximum absolute atomic E-state index is 13.5. The van der Waals surface area contributed by atoms with Crippen molar-refractivity contribution in [2.75, 3.05) is 0 Å². The van der Waals surface area contributed by atoms with Crippen molar-refractivity contribution in [3.8, 4) is 5.75 Å². The number of carboxylic acids is 1. The summed E-state index contributed by atoms with van der Waals surface area (Å²) in [4.78, 5) is 50.3. The molecule has 2 aromatic carbocycles. The highest BCUT2D eigenvalue weighted by Gasteiger charge is 2.28. The zero-order chi connectivity index (χ0) is 25.8. The second kappa shape index (κ2) is 11.2. The Morgan fingerprint density at radius 2 is 1.44 bits per heavy atom. The van der Waals surface area contributed by atoms with Gasteiger partial charge in [-0.15, -0.1) is 0 Å². The predicted octanol–water partition coefficient (Wildman–Crippen LogP) is 5.78. The average molecular weight is 494 g/mol. The van der Waals surface area contributed by atoms with E-state index in [1.807, 2.05) is 0 Å². The van der Waals surface area contributed by atoms with Crippen molar-refractivity contribution in [2.45, 2.75) is 77.7 Å². The number of fused-ring (bicyclic) bond motifs is 1. The number of carbonyl (C=O) groups excluding carboxylic acids is 3. The highest BCUT2D eigenvalue weighted by molar-refractivity contribution is 6.21. The van der Waals surface area contributed by atoms with E-state index in [4.69, 9.17) is 4.74 Å². The number of aromatic carboxylic acids is 1. The molecule has 36 heavy (non-hydrogen) atoms. The van der Waals surface area contributed by atoms with Gasteiger partial charge in [0.05, 0.1) is 11.1 Å². The SMILES string of the molecule is CC1CCC(CC(=O)c2ccc(OC=O)c3c(C(=O)NC4CCC(C)CC4)ccc(C(=O)O)c23)CC1. The first-order valence-corrected chi connectivity index (χ1v) is 13.1. The van der Waals surface area contributed by atoms with Gasteiger partial charge < -0.3 is 15.2 Å². The Hall–Kier alpha value is -3.22. The number of ether oxygens (including phenoxy) is 1. The number of hydrogen-bond acceptors (Lipinski definition) is 5. The van der Waals surface area contributed by atoms with Crippen LogP contribution in [0.4, 0.5) is 0 Å². The van der Waals surface area contributed by atoms with Crippen molar-refractivity contribution >= 4 is 34.9 Å². The Balaban J connectivity index is 1.76. The number of carbonyl (C=O) groups is 4. The van der Waals surface area contributed by atoms with E-state index in [1.54, 1.807) is 0 Å². The molecule has 2 aliphatic carbocycles. The minimum atomic E-state index is -1.21. The van der Waals surface area contributed by atoms with E-state index in [0.29, 0.717) is 18.3 Å². The topological polar surface area (TPSA) is 110 Å². The van der Waals surface area contributed by atoms with E-state index in [9.17, 15) is 24.3 Å². The van der Waals surface area contributed by atoms with Gasteiger partial charge in [-0.25, -0.2) is 4.79 Å². The van der Waals surface area contributed by atoms with Crippen molar-refractivity contribution in [3.05, 3.63) is 41.0 Å². The fourth-order valence-corrected chi connectivity index (χ4v) is 5.79. The van der Waals surface area contributed by atoms with Crippen molar-refractivity contribution in [1.82, 2.24) is 5.32 Å². The van der Waals surface area contributed by atoms with Crippen molar-refractivity contribution in [2.24, 2.45) is 17.8 Å². The third-order valence-electron chi connectivity index (χ3n) is 8.03. The Morgan fingerprint density at radius 3 is 2.06 bits per heavy atom. The van der Waals surface area contributed by atoms with E-state index in [0.717, 1.165) is 51.4 Å². The fraction of sp³-hybridized carbons (Fsp3) is 0.517. The molecule has 0 bridgehead atoms. The number of carboxylic acid groups (broad SMARTS) is 1. The molecule has 0 unspecified atom stereocenters. The lowest BCUT2D eigenvalue weighted by Crippen LogP contribution is -2.37. The van der Waals surface area contributed by atoms with Gasteiger partial charge in [0, 0.05) is 28.8 Å². The second-order valence-corrected chi connectivity index (χ2v) is 10.7. The molecule has 0 radical (unpaired) electrons. The number of amides is 1. The molecule has 2 N–H and O–H groups in total.